The summed E-state index contributed by atoms with van der Waals surface area (Å²) in [4.78, 5) is 36.6. The van der Waals surface area contributed by atoms with Crippen LogP contribution in [0.1, 0.15) is 114 Å². The number of ether oxygens (including phenoxy) is 6. The van der Waals surface area contributed by atoms with Crippen molar-refractivity contribution in [2.24, 2.45) is 35.5 Å². The molecular formula is C112H161N15O8Si6. The number of fused-ring (bicyclic) bond motifs is 9. The lowest BCUT2D eigenvalue weighted by molar-refractivity contribution is -0.0294. The third-order valence-electron chi connectivity index (χ3n) is 28.8. The molecule has 3 aromatic carbocycles. The van der Waals surface area contributed by atoms with E-state index in [0.29, 0.717) is 108 Å². The van der Waals surface area contributed by atoms with Gasteiger partial charge in [0.05, 0.1) is 52.8 Å². The van der Waals surface area contributed by atoms with Crippen LogP contribution in [-0.4, -0.2) is 197 Å². The van der Waals surface area contributed by atoms with Crippen LogP contribution in [0.2, 0.25) is 154 Å². The first kappa shape index (κ1) is 106. The molecule has 6 bridgehead atoms. The summed E-state index contributed by atoms with van der Waals surface area (Å²) < 4.78 is 43.8. The summed E-state index contributed by atoms with van der Waals surface area (Å²) >= 11 is 0. The number of aliphatic hydroxyl groups is 2. The van der Waals surface area contributed by atoms with Crippen LogP contribution >= 0.6 is 0 Å². The van der Waals surface area contributed by atoms with Crippen LogP contribution in [0.5, 0.6) is 0 Å². The molecule has 9 aromatic heterocycles. The molecule has 141 heavy (non-hydrogen) atoms. The number of allylic oxidation sites excluding steroid dienone is 2. The van der Waals surface area contributed by atoms with Gasteiger partial charge in [-0.3, -0.25) is 15.0 Å². The van der Waals surface area contributed by atoms with Gasteiger partial charge in [0, 0.05) is 175 Å². The number of anilines is 3. The van der Waals surface area contributed by atoms with Gasteiger partial charge in [-0.1, -0.05) is 266 Å². The molecular weight excluding hydrogens is 1850 g/mol. The van der Waals surface area contributed by atoms with Gasteiger partial charge in [0.1, 0.15) is 69.0 Å². The fourth-order valence-electron chi connectivity index (χ4n) is 20.5. The molecule has 8 atom stereocenters. The minimum atomic E-state index is -1.25. The average Bonchev–Trinajstić information content (AvgIpc) is 1.62. The standard InChI is InChI=1S/2C37H53N5O3Si2.C37H51N5O2Si2.CH4/c2*1-46(2,3)18-16-44-26-41(27-45-17-19-47(4,5)6)35-21-34(37(43)22-28-12-13-29(20-28)23-37)40-36-32(25-39-42(35)36)31-14-15-33(38-24-31)30-10-8-7-9-11-30;1-45(2,3)18-16-43-26-41(27-44-17-19-46(4,5)6)36-23-35(32-21-28-12-13-29(20-28)22-32)40-37-33(25-39-42(36)37)31-14-15-34(38-24-31)30-10-8-7-9-11-30;/h2*7-11,14-15,21,24-25,28-29,43H,12-13,16-20,22-23,26-27H2,1-6H3;7-11,14-15,21,23-25,28-29H,12-13,16-20,22,26-27H2,1-6H3;1H4/t2*28-,29+,37?;28-,29+;/m..1./s1. The van der Waals surface area contributed by atoms with E-state index in [2.05, 4.69) is 230 Å². The van der Waals surface area contributed by atoms with Gasteiger partial charge in [-0.05, 0) is 160 Å². The second-order valence-electron chi connectivity index (χ2n) is 48.3. The van der Waals surface area contributed by atoms with E-state index >= 15 is 0 Å². The first-order valence-electron chi connectivity index (χ1n) is 51.9. The topological polar surface area (TPSA) is 235 Å². The van der Waals surface area contributed by atoms with E-state index in [0.717, 1.165) is 195 Å². The Balaban J connectivity index is 0.000000159. The molecule has 12 aromatic rings. The molecule has 9 heterocycles. The van der Waals surface area contributed by atoms with E-state index in [1.165, 1.54) is 63.4 Å². The van der Waals surface area contributed by atoms with Crippen molar-refractivity contribution in [3.05, 3.63) is 206 Å². The molecule has 0 spiro atoms. The summed E-state index contributed by atoms with van der Waals surface area (Å²) in [5, 5.41) is 39.3. The molecule has 6 aliphatic rings. The number of hydrogen-bond acceptors (Lipinski definition) is 20. The molecule has 2 unspecified atom stereocenters. The maximum atomic E-state index is 12.3. The molecule has 6 aliphatic carbocycles. The van der Waals surface area contributed by atoms with Crippen molar-refractivity contribution in [2.75, 3.05) is 94.7 Å². The van der Waals surface area contributed by atoms with Crippen LogP contribution in [0.3, 0.4) is 0 Å². The van der Waals surface area contributed by atoms with Crippen molar-refractivity contribution >= 4 is 88.4 Å². The summed E-state index contributed by atoms with van der Waals surface area (Å²) in [6.45, 7) is 49.6. The zero-order valence-corrected chi connectivity index (χ0v) is 93.0. The number of aromatic nitrogens is 12. The first-order valence-corrected chi connectivity index (χ1v) is 74.1. The van der Waals surface area contributed by atoms with Crippen molar-refractivity contribution in [1.82, 2.24) is 58.7 Å². The minimum absolute atomic E-state index is 0. The van der Waals surface area contributed by atoms with E-state index < -0.39 is 59.6 Å². The molecule has 0 saturated heterocycles. The highest BCUT2D eigenvalue weighted by atomic mass is 28.3. The SMILES string of the molecule is C.C[Si](C)(C)CCOCN(COCC[Si](C)(C)C)c1cc(C2(O)C[C@@H]3CC[C@@H](C3)C2)nc2c(-c3ccc(-c4ccccc4)nc3)cnn12.C[Si](C)(C)CCOCN(COCC[Si](C)(C)C)c1cc(C2(O)C[C@@H]3CC[C@@H](C3)C2)nc2c(-c3ccc(-c4ccccc4)nc3)cnn12.C[Si](C)(C)CCOCN(COCC[Si](C)(C)C)c1cc(C2=C[C@@H]3CC[C@H](C2)C3)nc2c(-c3ccc(-c4ccccc4)nc3)cnn12. The van der Waals surface area contributed by atoms with E-state index in [9.17, 15) is 10.2 Å². The van der Waals surface area contributed by atoms with Crippen LogP contribution in [0, 0.1) is 35.5 Å². The molecule has 2 N–H and O–H groups in total. The first-order chi connectivity index (χ1) is 66.8. The smallest absolute Gasteiger partial charge is 0.165 e. The number of nitrogens with zero attached hydrogens (tertiary/aromatic N) is 15. The van der Waals surface area contributed by atoms with Crippen LogP contribution in [-0.2, 0) is 39.6 Å². The van der Waals surface area contributed by atoms with Gasteiger partial charge in [-0.25, -0.2) is 15.0 Å². The molecule has 756 valence electrons. The normalized spacial score (nSPS) is 20.2. The maximum Gasteiger partial charge on any atom is 0.165 e. The van der Waals surface area contributed by atoms with Crippen LogP contribution in [0.4, 0.5) is 17.5 Å². The van der Waals surface area contributed by atoms with Crippen molar-refractivity contribution in [2.45, 2.75) is 263 Å². The lowest BCUT2D eigenvalue weighted by Gasteiger charge is -2.36. The fraction of sp³-hybridized carbons (Fsp3) is 0.527. The van der Waals surface area contributed by atoms with Crippen LogP contribution in [0.15, 0.2) is 189 Å². The highest BCUT2D eigenvalue weighted by Crippen LogP contribution is 2.53. The van der Waals surface area contributed by atoms with Crippen LogP contribution in [0.25, 0.3) is 89.7 Å². The van der Waals surface area contributed by atoms with Crippen molar-refractivity contribution in [1.29, 1.82) is 0 Å². The molecule has 0 aliphatic heterocycles. The fourth-order valence-corrected chi connectivity index (χ4v) is 25.0. The Bertz CT molecular complexity index is 5740. The quantitative estimate of drug-likeness (QED) is 0.0205. The zero-order chi connectivity index (χ0) is 98.8. The predicted octanol–water partition coefficient (Wildman–Crippen LogP) is 26.3. The average molecular weight is 2010 g/mol. The second kappa shape index (κ2) is 46.2. The van der Waals surface area contributed by atoms with Gasteiger partial charge in [-0.15, -0.1) is 0 Å². The number of pyridine rings is 3. The van der Waals surface area contributed by atoms with Gasteiger partial charge < -0.3 is 53.3 Å². The van der Waals surface area contributed by atoms with Gasteiger partial charge in [0.15, 0.2) is 16.9 Å². The van der Waals surface area contributed by atoms with Crippen molar-refractivity contribution in [3.63, 3.8) is 0 Å². The molecule has 23 nitrogen and oxygen atoms in total. The monoisotopic (exact) mass is 2010 g/mol. The van der Waals surface area contributed by atoms with E-state index in [4.69, 9.17) is 73.6 Å². The van der Waals surface area contributed by atoms with Gasteiger partial charge in [-0.2, -0.15) is 28.8 Å². The summed E-state index contributed by atoms with van der Waals surface area (Å²) in [6.07, 6.45) is 29.2. The summed E-state index contributed by atoms with van der Waals surface area (Å²) in [6, 6.07) is 56.2. The minimum Gasteiger partial charge on any atom is -0.384 e. The third-order valence-corrected chi connectivity index (χ3v) is 39.1. The highest BCUT2D eigenvalue weighted by molar-refractivity contribution is 6.78. The Hall–Kier alpha value is -8.91. The van der Waals surface area contributed by atoms with Crippen molar-refractivity contribution in [3.8, 4) is 67.2 Å². The Morgan fingerprint density at radius 1 is 0.319 bits per heavy atom. The summed E-state index contributed by atoms with van der Waals surface area (Å²) in [7, 11) is -7.43. The number of benzene rings is 3. The summed E-state index contributed by atoms with van der Waals surface area (Å²) in [5.41, 5.74) is 15.9. The highest BCUT2D eigenvalue weighted by Gasteiger charge is 2.48. The number of hydrogen-bond donors (Lipinski definition) is 2. The van der Waals surface area contributed by atoms with Crippen molar-refractivity contribution < 1.29 is 38.6 Å². The largest absolute Gasteiger partial charge is 0.384 e. The lowest BCUT2D eigenvalue weighted by Crippen LogP contribution is -2.36. The van der Waals surface area contributed by atoms with Gasteiger partial charge in [0.2, 0.25) is 0 Å². The Morgan fingerprint density at radius 2 is 0.603 bits per heavy atom. The maximum absolute atomic E-state index is 12.3. The third kappa shape index (κ3) is 28.9. The summed E-state index contributed by atoms with van der Waals surface area (Å²) in [5.74, 6) is 6.23. The van der Waals surface area contributed by atoms with E-state index in [1.54, 1.807) is 0 Å². The predicted molar refractivity (Wildman–Crippen MR) is 594 cm³/mol. The second-order valence-corrected chi connectivity index (χ2v) is 82.0. The number of rotatable bonds is 42. The van der Waals surface area contributed by atoms with E-state index in [-0.39, 0.29) is 7.43 Å². The lowest BCUT2D eigenvalue weighted by atomic mass is 9.75. The Labute approximate surface area is 846 Å². The van der Waals surface area contributed by atoms with Gasteiger partial charge >= 0.3 is 0 Å². The molecule has 5 fully saturated rings. The molecule has 29 heteroatoms. The molecule has 0 amide bonds. The molecule has 5 saturated carbocycles. The zero-order valence-electron chi connectivity index (χ0n) is 87.0. The Kier molecular flexibility index (Phi) is 34.9. The van der Waals surface area contributed by atoms with Gasteiger partial charge in [0.25, 0.3) is 0 Å². The van der Waals surface area contributed by atoms with Crippen LogP contribution < -0.4 is 14.7 Å². The Morgan fingerprint density at radius 3 is 0.879 bits per heavy atom. The molecule has 18 rings (SSSR count). The van der Waals surface area contributed by atoms with E-state index in [1.807, 2.05) is 105 Å². The molecule has 0 radical (unpaired) electrons.